The molecular formula is C17H20ClFIN3. The largest absolute Gasteiger partial charge is 0.356 e. The van der Waals surface area contributed by atoms with Crippen molar-refractivity contribution in [3.05, 3.63) is 70.5 Å². The Bertz CT molecular complexity index is 632. The zero-order valence-corrected chi connectivity index (χ0v) is 15.9. The molecule has 0 aromatic heterocycles. The fraction of sp³-hybridized carbons (Fsp3) is 0.235. The summed E-state index contributed by atoms with van der Waals surface area (Å²) >= 11 is 6.12. The summed E-state index contributed by atoms with van der Waals surface area (Å²) in [7, 11) is 1.72. The Kier molecular flexibility index (Phi) is 8.94. The molecule has 0 aliphatic heterocycles. The molecule has 0 radical (unpaired) electrons. The van der Waals surface area contributed by atoms with Crippen LogP contribution in [0.1, 0.15) is 11.1 Å². The van der Waals surface area contributed by atoms with Gasteiger partial charge in [0.2, 0.25) is 0 Å². The second-order valence-corrected chi connectivity index (χ2v) is 5.23. The van der Waals surface area contributed by atoms with E-state index in [0.29, 0.717) is 12.5 Å². The first-order valence-corrected chi connectivity index (χ1v) is 7.49. The Balaban J connectivity index is 0.00000264. The lowest BCUT2D eigenvalue weighted by Crippen LogP contribution is -2.37. The maximum atomic E-state index is 12.8. The van der Waals surface area contributed by atoms with Gasteiger partial charge in [-0.1, -0.05) is 41.9 Å². The number of rotatable bonds is 5. The zero-order valence-electron chi connectivity index (χ0n) is 12.9. The van der Waals surface area contributed by atoms with E-state index >= 15 is 0 Å². The number of benzene rings is 2. The molecule has 2 aromatic rings. The normalized spacial score (nSPS) is 10.8. The molecule has 2 aromatic carbocycles. The first kappa shape index (κ1) is 19.7. The lowest BCUT2D eigenvalue weighted by Gasteiger charge is -2.12. The maximum Gasteiger partial charge on any atom is 0.191 e. The summed E-state index contributed by atoms with van der Waals surface area (Å²) in [6, 6.07) is 14.2. The minimum Gasteiger partial charge on any atom is -0.356 e. The Morgan fingerprint density at radius 1 is 1.09 bits per heavy atom. The monoisotopic (exact) mass is 447 g/mol. The molecule has 0 spiro atoms. The van der Waals surface area contributed by atoms with Crippen molar-refractivity contribution in [2.75, 3.05) is 13.6 Å². The van der Waals surface area contributed by atoms with Gasteiger partial charge in [0, 0.05) is 25.2 Å². The van der Waals surface area contributed by atoms with Crippen LogP contribution in [-0.4, -0.2) is 19.6 Å². The summed E-state index contributed by atoms with van der Waals surface area (Å²) in [5.74, 6) is 0.474. The second-order valence-electron chi connectivity index (χ2n) is 4.82. The van der Waals surface area contributed by atoms with Gasteiger partial charge < -0.3 is 10.6 Å². The third-order valence-electron chi connectivity index (χ3n) is 3.24. The summed E-state index contributed by atoms with van der Waals surface area (Å²) in [6.07, 6.45) is 0.816. The van der Waals surface area contributed by atoms with Crippen LogP contribution in [0.5, 0.6) is 0 Å². The summed E-state index contributed by atoms with van der Waals surface area (Å²) in [4.78, 5) is 4.16. The van der Waals surface area contributed by atoms with Crippen molar-refractivity contribution in [3.8, 4) is 0 Å². The van der Waals surface area contributed by atoms with Gasteiger partial charge in [-0.25, -0.2) is 4.39 Å². The van der Waals surface area contributed by atoms with Crippen LogP contribution in [-0.2, 0) is 13.0 Å². The highest BCUT2D eigenvalue weighted by atomic mass is 127. The first-order valence-electron chi connectivity index (χ1n) is 7.11. The van der Waals surface area contributed by atoms with Crippen molar-refractivity contribution in [1.82, 2.24) is 10.6 Å². The standard InChI is InChI=1S/C17H19ClFN3.HI/c1-20-17(22-12-13-6-8-15(19)9-7-13)21-11-10-14-4-2-3-5-16(14)18;/h2-9H,10-12H2,1H3,(H2,20,21,22);1H. The van der Waals surface area contributed by atoms with E-state index in [1.54, 1.807) is 19.2 Å². The summed E-state index contributed by atoms with van der Waals surface area (Å²) in [6.45, 7) is 1.32. The topological polar surface area (TPSA) is 36.4 Å². The average molecular weight is 448 g/mol. The predicted octanol–water partition coefficient (Wildman–Crippen LogP) is 4.00. The molecule has 0 bridgehead atoms. The van der Waals surface area contributed by atoms with Gasteiger partial charge in [-0.05, 0) is 35.7 Å². The van der Waals surface area contributed by atoms with Crippen molar-refractivity contribution in [2.24, 2.45) is 4.99 Å². The fourth-order valence-electron chi connectivity index (χ4n) is 2.03. The first-order chi connectivity index (χ1) is 10.7. The number of guanidine groups is 1. The highest BCUT2D eigenvalue weighted by Gasteiger charge is 2.01. The van der Waals surface area contributed by atoms with E-state index in [0.717, 1.165) is 29.1 Å². The van der Waals surface area contributed by atoms with Gasteiger partial charge in [-0.2, -0.15) is 0 Å². The molecule has 0 amide bonds. The SMILES string of the molecule is CN=C(NCCc1ccccc1Cl)NCc1ccc(F)cc1.I. The van der Waals surface area contributed by atoms with E-state index in [4.69, 9.17) is 11.6 Å². The van der Waals surface area contributed by atoms with Crippen molar-refractivity contribution >= 4 is 41.5 Å². The van der Waals surface area contributed by atoms with E-state index in [2.05, 4.69) is 15.6 Å². The number of hydrogen-bond acceptors (Lipinski definition) is 1. The second kappa shape index (κ2) is 10.4. The fourth-order valence-corrected chi connectivity index (χ4v) is 2.26. The molecule has 2 rings (SSSR count). The summed E-state index contributed by atoms with van der Waals surface area (Å²) < 4.78 is 12.8. The van der Waals surface area contributed by atoms with Crippen molar-refractivity contribution in [2.45, 2.75) is 13.0 Å². The molecule has 0 aliphatic rings. The minimum atomic E-state index is -0.231. The number of aliphatic imine (C=N–C) groups is 1. The van der Waals surface area contributed by atoms with E-state index in [-0.39, 0.29) is 29.8 Å². The van der Waals surface area contributed by atoms with Crippen molar-refractivity contribution < 1.29 is 4.39 Å². The lowest BCUT2D eigenvalue weighted by atomic mass is 10.1. The minimum absolute atomic E-state index is 0. The van der Waals surface area contributed by atoms with Crippen LogP contribution in [0.25, 0.3) is 0 Å². The Labute approximate surface area is 158 Å². The Morgan fingerprint density at radius 2 is 1.78 bits per heavy atom. The van der Waals surface area contributed by atoms with Crippen LogP contribution < -0.4 is 10.6 Å². The molecule has 0 saturated heterocycles. The third-order valence-corrected chi connectivity index (χ3v) is 3.61. The highest BCUT2D eigenvalue weighted by molar-refractivity contribution is 14.0. The van der Waals surface area contributed by atoms with Gasteiger partial charge in [0.05, 0.1) is 0 Å². The number of nitrogens with one attached hydrogen (secondary N) is 2. The van der Waals surface area contributed by atoms with Gasteiger partial charge >= 0.3 is 0 Å². The lowest BCUT2D eigenvalue weighted by molar-refractivity contribution is 0.626. The van der Waals surface area contributed by atoms with Crippen LogP contribution in [0.15, 0.2) is 53.5 Å². The summed E-state index contributed by atoms with van der Waals surface area (Å²) in [5.41, 5.74) is 2.10. The molecule has 0 fully saturated rings. The van der Waals surface area contributed by atoms with Gasteiger partial charge in [-0.3, -0.25) is 4.99 Å². The zero-order chi connectivity index (χ0) is 15.8. The molecule has 0 heterocycles. The third kappa shape index (κ3) is 6.74. The quantitative estimate of drug-likeness (QED) is 0.413. The van der Waals surface area contributed by atoms with Crippen LogP contribution in [0.3, 0.4) is 0 Å². The molecule has 6 heteroatoms. The average Bonchev–Trinajstić information content (AvgIpc) is 2.54. The molecule has 2 N–H and O–H groups in total. The van der Waals surface area contributed by atoms with Gasteiger partial charge in [0.15, 0.2) is 5.96 Å². The van der Waals surface area contributed by atoms with E-state index in [1.165, 1.54) is 12.1 Å². The van der Waals surface area contributed by atoms with E-state index in [1.807, 2.05) is 24.3 Å². The van der Waals surface area contributed by atoms with Crippen molar-refractivity contribution in [1.29, 1.82) is 0 Å². The predicted molar refractivity (Wildman–Crippen MR) is 105 cm³/mol. The molecule has 0 unspecified atom stereocenters. The van der Waals surface area contributed by atoms with Crippen LogP contribution >= 0.6 is 35.6 Å². The molecule has 124 valence electrons. The van der Waals surface area contributed by atoms with E-state index < -0.39 is 0 Å². The van der Waals surface area contributed by atoms with Crippen LogP contribution in [0.2, 0.25) is 5.02 Å². The van der Waals surface area contributed by atoms with Gasteiger partial charge in [0.25, 0.3) is 0 Å². The van der Waals surface area contributed by atoms with Gasteiger partial charge in [-0.15, -0.1) is 24.0 Å². The van der Waals surface area contributed by atoms with E-state index in [9.17, 15) is 4.39 Å². The number of nitrogens with zero attached hydrogens (tertiary/aromatic N) is 1. The molecule has 23 heavy (non-hydrogen) atoms. The maximum absolute atomic E-state index is 12.8. The summed E-state index contributed by atoms with van der Waals surface area (Å²) in [5, 5.41) is 7.20. The van der Waals surface area contributed by atoms with Gasteiger partial charge in [0.1, 0.15) is 5.82 Å². The van der Waals surface area contributed by atoms with Crippen LogP contribution in [0, 0.1) is 5.82 Å². The highest BCUT2D eigenvalue weighted by Crippen LogP contribution is 2.14. The van der Waals surface area contributed by atoms with Crippen LogP contribution in [0.4, 0.5) is 4.39 Å². The molecule has 0 aliphatic carbocycles. The molecule has 3 nitrogen and oxygen atoms in total. The molecule has 0 atom stereocenters. The number of hydrogen-bond donors (Lipinski definition) is 2. The smallest absolute Gasteiger partial charge is 0.191 e. The Morgan fingerprint density at radius 3 is 2.43 bits per heavy atom. The van der Waals surface area contributed by atoms with Crippen molar-refractivity contribution in [3.63, 3.8) is 0 Å². The molecule has 0 saturated carbocycles. The number of halogens is 3. The Hall–Kier alpha value is -1.34. The molecular weight excluding hydrogens is 428 g/mol.